The van der Waals surface area contributed by atoms with Crippen LogP contribution >= 0.6 is 11.6 Å². The quantitative estimate of drug-likeness (QED) is 0.642. The van der Waals surface area contributed by atoms with E-state index in [9.17, 15) is 14.0 Å². The Morgan fingerprint density at radius 2 is 1.67 bits per heavy atom. The topological polar surface area (TPSA) is 58.4 Å². The summed E-state index contributed by atoms with van der Waals surface area (Å²) in [6, 6.07) is 13.0. The molecular formula is C22H20ClFN4O2. The molecule has 2 aromatic carbocycles. The zero-order valence-corrected chi connectivity index (χ0v) is 16.9. The Morgan fingerprint density at radius 3 is 2.33 bits per heavy atom. The molecule has 0 saturated carbocycles. The zero-order valence-electron chi connectivity index (χ0n) is 16.2. The van der Waals surface area contributed by atoms with Crippen molar-refractivity contribution in [1.29, 1.82) is 0 Å². The Morgan fingerprint density at radius 1 is 0.933 bits per heavy atom. The lowest BCUT2D eigenvalue weighted by Gasteiger charge is -2.23. The second kappa shape index (κ2) is 8.67. The largest absolute Gasteiger partial charge is 0.337 e. The summed E-state index contributed by atoms with van der Waals surface area (Å²) in [6.45, 7) is 1.79. The van der Waals surface area contributed by atoms with E-state index >= 15 is 0 Å². The number of halogens is 2. The van der Waals surface area contributed by atoms with Gasteiger partial charge in [-0.15, -0.1) is 0 Å². The fraction of sp³-hybridized carbons (Fsp3) is 0.227. The van der Waals surface area contributed by atoms with Crippen LogP contribution in [0.1, 0.15) is 27.1 Å². The normalized spacial score (nSPS) is 14.5. The van der Waals surface area contributed by atoms with Gasteiger partial charge in [-0.2, -0.15) is 5.10 Å². The minimum Gasteiger partial charge on any atom is -0.337 e. The maximum Gasteiger partial charge on any atom is 0.255 e. The molecule has 30 heavy (non-hydrogen) atoms. The molecule has 1 fully saturated rings. The SMILES string of the molecule is O=C(c1ccc(-n2cccn2)c(F)c1)N1CCCN(C(=O)c2ccccc2Cl)CC1. The summed E-state index contributed by atoms with van der Waals surface area (Å²) < 4.78 is 15.9. The van der Waals surface area contributed by atoms with Gasteiger partial charge in [-0.05, 0) is 42.8 Å². The van der Waals surface area contributed by atoms with Crippen LogP contribution in [0.3, 0.4) is 0 Å². The molecule has 1 saturated heterocycles. The second-order valence-corrected chi connectivity index (χ2v) is 7.44. The van der Waals surface area contributed by atoms with Gasteiger partial charge in [0, 0.05) is 44.1 Å². The van der Waals surface area contributed by atoms with Crippen LogP contribution in [0, 0.1) is 5.82 Å². The highest BCUT2D eigenvalue weighted by molar-refractivity contribution is 6.33. The van der Waals surface area contributed by atoms with Crippen LogP contribution < -0.4 is 0 Å². The van der Waals surface area contributed by atoms with E-state index in [-0.39, 0.29) is 23.1 Å². The molecule has 0 radical (unpaired) electrons. The van der Waals surface area contributed by atoms with Gasteiger partial charge in [0.25, 0.3) is 11.8 Å². The Labute approximate surface area is 178 Å². The van der Waals surface area contributed by atoms with Crippen molar-refractivity contribution in [2.24, 2.45) is 0 Å². The molecule has 0 unspecified atom stereocenters. The Balaban J connectivity index is 1.45. The van der Waals surface area contributed by atoms with Gasteiger partial charge >= 0.3 is 0 Å². The minimum absolute atomic E-state index is 0.149. The van der Waals surface area contributed by atoms with Gasteiger partial charge in [0.05, 0.1) is 10.6 Å². The molecule has 0 atom stereocenters. The average Bonchev–Trinajstić information content (AvgIpc) is 3.17. The number of carbonyl (C=O) groups is 2. The van der Waals surface area contributed by atoms with E-state index < -0.39 is 5.82 Å². The first-order valence-electron chi connectivity index (χ1n) is 9.67. The van der Waals surface area contributed by atoms with Crippen molar-refractivity contribution in [3.63, 3.8) is 0 Å². The summed E-state index contributed by atoms with van der Waals surface area (Å²) in [4.78, 5) is 29.1. The number of hydrogen-bond donors (Lipinski definition) is 0. The van der Waals surface area contributed by atoms with Gasteiger partial charge in [0.15, 0.2) is 0 Å². The maximum absolute atomic E-state index is 14.5. The maximum atomic E-state index is 14.5. The highest BCUT2D eigenvalue weighted by Gasteiger charge is 2.25. The first-order valence-corrected chi connectivity index (χ1v) is 10.0. The number of aromatic nitrogens is 2. The molecule has 6 nitrogen and oxygen atoms in total. The third-order valence-corrected chi connectivity index (χ3v) is 5.45. The lowest BCUT2D eigenvalue weighted by atomic mass is 10.1. The summed E-state index contributed by atoms with van der Waals surface area (Å²) >= 11 is 6.15. The molecule has 2 heterocycles. The van der Waals surface area contributed by atoms with E-state index in [0.29, 0.717) is 43.2 Å². The van der Waals surface area contributed by atoms with Crippen molar-refractivity contribution in [2.75, 3.05) is 26.2 Å². The van der Waals surface area contributed by atoms with E-state index in [1.807, 2.05) is 0 Å². The molecule has 2 amide bonds. The number of nitrogens with zero attached hydrogens (tertiary/aromatic N) is 4. The molecule has 0 spiro atoms. The molecule has 8 heteroatoms. The van der Waals surface area contributed by atoms with E-state index in [1.54, 1.807) is 64.7 Å². The van der Waals surface area contributed by atoms with Gasteiger partial charge in [-0.25, -0.2) is 9.07 Å². The van der Waals surface area contributed by atoms with Gasteiger partial charge in [0.2, 0.25) is 0 Å². The monoisotopic (exact) mass is 426 g/mol. The number of carbonyl (C=O) groups excluding carboxylic acids is 2. The molecular weight excluding hydrogens is 407 g/mol. The van der Waals surface area contributed by atoms with Crippen LogP contribution in [-0.2, 0) is 0 Å². The molecule has 154 valence electrons. The van der Waals surface area contributed by atoms with Gasteiger partial charge in [-0.1, -0.05) is 23.7 Å². The molecule has 4 rings (SSSR count). The first-order chi connectivity index (χ1) is 14.5. The van der Waals surface area contributed by atoms with Crippen molar-refractivity contribution in [3.8, 4) is 5.69 Å². The summed E-state index contributed by atoms with van der Waals surface area (Å²) in [5.41, 5.74) is 1.01. The fourth-order valence-corrected chi connectivity index (χ4v) is 3.76. The molecule has 0 aliphatic carbocycles. The van der Waals surface area contributed by atoms with Crippen LogP contribution in [0.25, 0.3) is 5.69 Å². The third-order valence-electron chi connectivity index (χ3n) is 5.12. The lowest BCUT2D eigenvalue weighted by Crippen LogP contribution is -2.37. The fourth-order valence-electron chi connectivity index (χ4n) is 3.55. The van der Waals surface area contributed by atoms with Crippen LogP contribution in [0.4, 0.5) is 4.39 Å². The third kappa shape index (κ3) is 4.07. The van der Waals surface area contributed by atoms with Gasteiger partial charge in [0.1, 0.15) is 11.5 Å². The van der Waals surface area contributed by atoms with Gasteiger partial charge < -0.3 is 9.80 Å². The van der Waals surface area contributed by atoms with Crippen molar-refractivity contribution in [1.82, 2.24) is 19.6 Å². The van der Waals surface area contributed by atoms with Crippen molar-refractivity contribution in [3.05, 3.63) is 82.9 Å². The standard InChI is InChI=1S/C22H20ClFN4O2/c23-18-6-2-1-5-17(18)22(30)27-11-4-10-26(13-14-27)21(29)16-7-8-20(19(24)15-16)28-12-3-9-25-28/h1-3,5-9,12,15H,4,10-11,13-14H2. The van der Waals surface area contributed by atoms with Gasteiger partial charge in [-0.3, -0.25) is 9.59 Å². The van der Waals surface area contributed by atoms with Crippen LogP contribution in [0.15, 0.2) is 60.9 Å². The second-order valence-electron chi connectivity index (χ2n) is 7.03. The molecule has 1 aliphatic heterocycles. The van der Waals surface area contributed by atoms with Crippen LogP contribution in [0.2, 0.25) is 5.02 Å². The van der Waals surface area contributed by atoms with E-state index in [2.05, 4.69) is 5.10 Å². The highest BCUT2D eigenvalue weighted by Crippen LogP contribution is 2.20. The minimum atomic E-state index is -0.519. The number of rotatable bonds is 3. The zero-order chi connectivity index (χ0) is 21.1. The summed E-state index contributed by atoms with van der Waals surface area (Å²) in [7, 11) is 0. The first kappa shape index (κ1) is 20.1. The van der Waals surface area contributed by atoms with E-state index in [1.165, 1.54) is 10.7 Å². The summed E-state index contributed by atoms with van der Waals surface area (Å²) in [5, 5.41) is 4.42. The predicted octanol–water partition coefficient (Wildman–Crippen LogP) is 3.65. The van der Waals surface area contributed by atoms with E-state index in [4.69, 9.17) is 11.6 Å². The van der Waals surface area contributed by atoms with Crippen molar-refractivity contribution in [2.45, 2.75) is 6.42 Å². The number of benzene rings is 2. The van der Waals surface area contributed by atoms with Crippen LogP contribution in [-0.4, -0.2) is 57.6 Å². The Bertz CT molecular complexity index is 1070. The average molecular weight is 427 g/mol. The number of amides is 2. The van der Waals surface area contributed by atoms with Crippen molar-refractivity contribution >= 4 is 23.4 Å². The summed E-state index contributed by atoms with van der Waals surface area (Å²) in [6.07, 6.45) is 3.83. The van der Waals surface area contributed by atoms with Crippen LogP contribution in [0.5, 0.6) is 0 Å². The predicted molar refractivity (Wildman–Crippen MR) is 111 cm³/mol. The molecule has 3 aromatic rings. The van der Waals surface area contributed by atoms with E-state index in [0.717, 1.165) is 0 Å². The highest BCUT2D eigenvalue weighted by atomic mass is 35.5. The molecule has 0 bridgehead atoms. The van der Waals surface area contributed by atoms with Crippen molar-refractivity contribution < 1.29 is 14.0 Å². The number of hydrogen-bond acceptors (Lipinski definition) is 3. The molecule has 0 N–H and O–H groups in total. The smallest absolute Gasteiger partial charge is 0.255 e. The summed E-state index contributed by atoms with van der Waals surface area (Å²) in [5.74, 6) is -0.924. The lowest BCUT2D eigenvalue weighted by molar-refractivity contribution is 0.0718. The molecule has 1 aliphatic rings. The molecule has 1 aromatic heterocycles. The Kier molecular flexibility index (Phi) is 5.81. The Hall–Kier alpha value is -3.19.